The highest BCUT2D eigenvalue weighted by atomic mass is 16.5. The van der Waals surface area contributed by atoms with Crippen LogP contribution in [0, 0.1) is 0 Å². The minimum Gasteiger partial charge on any atom is -0.489 e. The lowest BCUT2D eigenvalue weighted by Gasteiger charge is -2.16. The molecule has 0 N–H and O–H groups in total. The van der Waals surface area contributed by atoms with Gasteiger partial charge < -0.3 is 14.2 Å². The Morgan fingerprint density at radius 2 is 1.73 bits per heavy atom. The van der Waals surface area contributed by atoms with Gasteiger partial charge in [0.05, 0.1) is 7.11 Å². The smallest absolute Gasteiger partial charge is 0.305 e. The maximum Gasteiger partial charge on any atom is 0.305 e. The van der Waals surface area contributed by atoms with Gasteiger partial charge in [-0.25, -0.2) is 0 Å². The molecule has 30 heavy (non-hydrogen) atoms. The molecule has 1 atom stereocenters. The Balaban J connectivity index is 1.39. The van der Waals surface area contributed by atoms with Crippen molar-refractivity contribution in [2.75, 3.05) is 7.11 Å². The fraction of sp³-hybridized carbons (Fsp3) is 0.269. The predicted octanol–water partition coefficient (Wildman–Crippen LogP) is 5.44. The number of aryl methyl sites for hydroxylation is 1. The number of esters is 1. The van der Waals surface area contributed by atoms with E-state index in [9.17, 15) is 4.79 Å². The van der Waals surface area contributed by atoms with Gasteiger partial charge in [-0.3, -0.25) is 4.79 Å². The highest BCUT2D eigenvalue weighted by Crippen LogP contribution is 2.39. The zero-order valence-electron chi connectivity index (χ0n) is 17.2. The van der Waals surface area contributed by atoms with Gasteiger partial charge in [0, 0.05) is 12.0 Å². The van der Waals surface area contributed by atoms with Gasteiger partial charge in [-0.2, -0.15) is 0 Å². The Labute approximate surface area is 177 Å². The topological polar surface area (TPSA) is 44.8 Å². The summed E-state index contributed by atoms with van der Waals surface area (Å²) in [7, 11) is 1.41. The summed E-state index contributed by atoms with van der Waals surface area (Å²) in [6, 6.07) is 24.4. The fourth-order valence-electron chi connectivity index (χ4n) is 3.82. The molecule has 3 aromatic carbocycles. The second kappa shape index (κ2) is 9.49. The second-order valence-electron chi connectivity index (χ2n) is 7.46. The van der Waals surface area contributed by atoms with Crippen LogP contribution in [0.3, 0.4) is 0 Å². The molecule has 1 aliphatic rings. The van der Waals surface area contributed by atoms with E-state index < -0.39 is 0 Å². The van der Waals surface area contributed by atoms with E-state index in [1.54, 1.807) is 0 Å². The van der Waals surface area contributed by atoms with Crippen LogP contribution in [-0.2, 0) is 29.0 Å². The molecule has 0 bridgehead atoms. The molecule has 0 amide bonds. The molecule has 4 heteroatoms. The lowest BCUT2D eigenvalue weighted by molar-refractivity contribution is -0.140. The van der Waals surface area contributed by atoms with Crippen molar-refractivity contribution in [2.24, 2.45) is 0 Å². The van der Waals surface area contributed by atoms with Crippen LogP contribution in [0.1, 0.15) is 41.2 Å². The van der Waals surface area contributed by atoms with E-state index in [1.807, 2.05) is 54.6 Å². The fourth-order valence-corrected chi connectivity index (χ4v) is 3.82. The molecule has 0 spiro atoms. The third-order valence-electron chi connectivity index (χ3n) is 5.46. The van der Waals surface area contributed by atoms with Crippen molar-refractivity contribution in [1.82, 2.24) is 0 Å². The Morgan fingerprint density at radius 1 is 0.933 bits per heavy atom. The van der Waals surface area contributed by atoms with Crippen molar-refractivity contribution >= 4 is 5.97 Å². The Hall–Kier alpha value is -3.27. The van der Waals surface area contributed by atoms with Gasteiger partial charge in [-0.15, -0.1) is 0 Å². The summed E-state index contributed by atoms with van der Waals surface area (Å²) in [6.45, 7) is 0.565. The quantitative estimate of drug-likeness (QED) is 0.471. The van der Waals surface area contributed by atoms with E-state index in [0.29, 0.717) is 19.4 Å². The van der Waals surface area contributed by atoms with Gasteiger partial charge in [0.2, 0.25) is 0 Å². The summed E-state index contributed by atoms with van der Waals surface area (Å²) in [5.74, 6) is 1.59. The van der Waals surface area contributed by atoms with Crippen LogP contribution in [0.2, 0.25) is 0 Å². The largest absolute Gasteiger partial charge is 0.489 e. The molecule has 1 unspecified atom stereocenters. The van der Waals surface area contributed by atoms with Crippen molar-refractivity contribution < 1.29 is 19.0 Å². The van der Waals surface area contributed by atoms with Gasteiger partial charge in [0.25, 0.3) is 0 Å². The molecule has 4 rings (SSSR count). The molecule has 1 aliphatic carbocycles. The molecule has 3 aromatic rings. The van der Waals surface area contributed by atoms with Crippen LogP contribution in [0.4, 0.5) is 0 Å². The molecule has 0 aromatic heterocycles. The standard InChI is InChI=1S/C26H26O4/c1-28-26(27)17-12-19-10-13-21(14-11-19)30-25-16-15-23-22(25)8-5-9-24(23)29-18-20-6-3-2-4-7-20/h2-11,13-14,25H,12,15-18H2,1H3. The zero-order chi connectivity index (χ0) is 20.8. The van der Waals surface area contributed by atoms with E-state index in [4.69, 9.17) is 14.2 Å². The first kappa shape index (κ1) is 20.0. The first-order valence-corrected chi connectivity index (χ1v) is 10.3. The molecule has 0 aliphatic heterocycles. The number of benzene rings is 3. The van der Waals surface area contributed by atoms with Gasteiger partial charge in [0.15, 0.2) is 0 Å². The third-order valence-corrected chi connectivity index (χ3v) is 5.46. The Morgan fingerprint density at radius 3 is 2.50 bits per heavy atom. The van der Waals surface area contributed by atoms with Crippen LogP contribution >= 0.6 is 0 Å². The zero-order valence-corrected chi connectivity index (χ0v) is 17.2. The second-order valence-corrected chi connectivity index (χ2v) is 7.46. The summed E-state index contributed by atoms with van der Waals surface area (Å²) in [5, 5.41) is 0. The number of rotatable bonds is 8. The molecule has 0 saturated heterocycles. The maximum atomic E-state index is 11.3. The van der Waals surface area contributed by atoms with Crippen LogP contribution < -0.4 is 9.47 Å². The Bertz CT molecular complexity index is 980. The van der Waals surface area contributed by atoms with Crippen molar-refractivity contribution in [1.29, 1.82) is 0 Å². The van der Waals surface area contributed by atoms with E-state index in [1.165, 1.54) is 18.2 Å². The van der Waals surface area contributed by atoms with E-state index >= 15 is 0 Å². The third kappa shape index (κ3) is 4.82. The highest BCUT2D eigenvalue weighted by Gasteiger charge is 2.26. The average Bonchev–Trinajstić information content (AvgIpc) is 3.21. The molecule has 154 valence electrons. The van der Waals surface area contributed by atoms with Crippen LogP contribution in [-0.4, -0.2) is 13.1 Å². The predicted molar refractivity (Wildman–Crippen MR) is 116 cm³/mol. The molecule has 4 nitrogen and oxygen atoms in total. The minimum absolute atomic E-state index is 0.0289. The minimum atomic E-state index is -0.192. The van der Waals surface area contributed by atoms with Crippen molar-refractivity contribution in [2.45, 2.75) is 38.4 Å². The number of hydrogen-bond donors (Lipinski definition) is 0. The molecule has 0 heterocycles. The van der Waals surface area contributed by atoms with E-state index in [2.05, 4.69) is 18.2 Å². The Kier molecular flexibility index (Phi) is 6.33. The summed E-state index contributed by atoms with van der Waals surface area (Å²) in [4.78, 5) is 11.3. The lowest BCUT2D eigenvalue weighted by Crippen LogP contribution is -2.04. The summed E-state index contributed by atoms with van der Waals surface area (Å²) in [6.07, 6.45) is 2.97. The van der Waals surface area contributed by atoms with Crippen molar-refractivity contribution in [3.63, 3.8) is 0 Å². The van der Waals surface area contributed by atoms with Gasteiger partial charge >= 0.3 is 5.97 Å². The molecule has 0 fully saturated rings. The van der Waals surface area contributed by atoms with E-state index in [0.717, 1.165) is 35.5 Å². The number of fused-ring (bicyclic) bond motifs is 1. The summed E-state index contributed by atoms with van der Waals surface area (Å²) < 4.78 is 17.1. The van der Waals surface area contributed by atoms with Gasteiger partial charge in [0.1, 0.15) is 24.2 Å². The number of carbonyl (C=O) groups is 1. The van der Waals surface area contributed by atoms with Gasteiger partial charge in [-0.1, -0.05) is 54.6 Å². The summed E-state index contributed by atoms with van der Waals surface area (Å²) in [5.41, 5.74) is 4.70. The van der Waals surface area contributed by atoms with Gasteiger partial charge in [-0.05, 0) is 54.2 Å². The van der Waals surface area contributed by atoms with Crippen molar-refractivity contribution in [3.05, 3.63) is 95.1 Å². The normalized spacial score (nSPS) is 14.8. The van der Waals surface area contributed by atoms with E-state index in [-0.39, 0.29) is 12.1 Å². The number of carbonyl (C=O) groups excluding carboxylic acids is 1. The summed E-state index contributed by atoms with van der Waals surface area (Å²) >= 11 is 0. The first-order valence-electron chi connectivity index (χ1n) is 10.3. The van der Waals surface area contributed by atoms with Crippen molar-refractivity contribution in [3.8, 4) is 11.5 Å². The number of hydrogen-bond acceptors (Lipinski definition) is 4. The number of methoxy groups -OCH3 is 1. The molecular weight excluding hydrogens is 376 g/mol. The molecule has 0 saturated carbocycles. The van der Waals surface area contributed by atoms with Crippen LogP contribution in [0.15, 0.2) is 72.8 Å². The number of ether oxygens (including phenoxy) is 3. The molecule has 0 radical (unpaired) electrons. The van der Waals surface area contributed by atoms with Crippen LogP contribution in [0.5, 0.6) is 11.5 Å². The highest BCUT2D eigenvalue weighted by molar-refractivity contribution is 5.69. The lowest BCUT2D eigenvalue weighted by atomic mass is 10.1. The molecular formula is C26H26O4. The average molecular weight is 402 g/mol. The van der Waals surface area contributed by atoms with Crippen LogP contribution in [0.25, 0.3) is 0 Å². The maximum absolute atomic E-state index is 11.3. The first-order chi connectivity index (χ1) is 14.7. The SMILES string of the molecule is COC(=O)CCc1ccc(OC2CCc3c(OCc4ccccc4)cccc32)cc1. The monoisotopic (exact) mass is 402 g/mol.